The van der Waals surface area contributed by atoms with Crippen LogP contribution < -0.4 is 4.74 Å². The third kappa shape index (κ3) is 4.34. The van der Waals surface area contributed by atoms with Gasteiger partial charge in [0, 0.05) is 29.1 Å². The summed E-state index contributed by atoms with van der Waals surface area (Å²) in [5.41, 5.74) is 3.10. The zero-order chi connectivity index (χ0) is 19.4. The molecule has 6 heteroatoms. The number of esters is 1. The molecule has 2 heterocycles. The molecule has 0 saturated carbocycles. The van der Waals surface area contributed by atoms with Crippen LogP contribution >= 0.6 is 0 Å². The monoisotopic (exact) mass is 367 g/mol. The summed E-state index contributed by atoms with van der Waals surface area (Å²) in [5.74, 6) is 0.401. The van der Waals surface area contributed by atoms with Gasteiger partial charge in [0.2, 0.25) is 5.76 Å². The van der Waals surface area contributed by atoms with Crippen LogP contribution in [-0.2, 0) is 22.6 Å². The number of pyridine rings is 1. The van der Waals surface area contributed by atoms with Crippen LogP contribution in [0.25, 0.3) is 11.0 Å². The smallest absolute Gasteiger partial charge is 0.374 e. The van der Waals surface area contributed by atoms with Crippen molar-refractivity contribution >= 4 is 22.7 Å². The van der Waals surface area contributed by atoms with E-state index in [-0.39, 0.29) is 18.2 Å². The molecule has 0 N–H and O–H groups in total. The molecule has 0 fully saturated rings. The molecule has 0 bridgehead atoms. The van der Waals surface area contributed by atoms with E-state index < -0.39 is 5.97 Å². The van der Waals surface area contributed by atoms with Gasteiger partial charge in [-0.2, -0.15) is 0 Å². The largest absolute Gasteiger partial charge is 0.495 e. The number of ether oxygens (including phenoxy) is 2. The van der Waals surface area contributed by atoms with Gasteiger partial charge in [-0.1, -0.05) is 6.07 Å². The molecule has 0 aliphatic rings. The zero-order valence-electron chi connectivity index (χ0n) is 15.6. The van der Waals surface area contributed by atoms with Crippen molar-refractivity contribution in [2.75, 3.05) is 7.11 Å². The Bertz CT molecular complexity index is 989. The molecule has 3 aromatic rings. The Balaban J connectivity index is 1.76. The van der Waals surface area contributed by atoms with Crippen LogP contribution in [0.2, 0.25) is 0 Å². The zero-order valence-corrected chi connectivity index (χ0v) is 15.6. The van der Waals surface area contributed by atoms with Crippen molar-refractivity contribution in [3.8, 4) is 5.75 Å². The van der Waals surface area contributed by atoms with Crippen molar-refractivity contribution in [2.45, 2.75) is 33.3 Å². The Morgan fingerprint density at radius 3 is 2.70 bits per heavy atom. The number of benzene rings is 1. The summed E-state index contributed by atoms with van der Waals surface area (Å²) in [6.45, 7) is 3.47. The van der Waals surface area contributed by atoms with Gasteiger partial charge in [0.05, 0.1) is 13.3 Å². The van der Waals surface area contributed by atoms with E-state index >= 15 is 0 Å². The Kier molecular flexibility index (Phi) is 5.54. The minimum absolute atomic E-state index is 0.0728. The second kappa shape index (κ2) is 8.03. The van der Waals surface area contributed by atoms with Gasteiger partial charge in [-0.3, -0.25) is 4.98 Å². The van der Waals surface area contributed by atoms with E-state index in [1.807, 2.05) is 25.1 Å². The Labute approximate surface area is 157 Å². The Morgan fingerprint density at radius 1 is 1.15 bits per heavy atom. The molecule has 27 heavy (non-hydrogen) atoms. The van der Waals surface area contributed by atoms with Gasteiger partial charge >= 0.3 is 5.97 Å². The maximum atomic E-state index is 12.5. The van der Waals surface area contributed by atoms with Crippen molar-refractivity contribution in [1.82, 2.24) is 4.98 Å². The second-order valence-corrected chi connectivity index (χ2v) is 6.40. The van der Waals surface area contributed by atoms with E-state index in [0.717, 1.165) is 22.1 Å². The van der Waals surface area contributed by atoms with Crippen LogP contribution in [0.5, 0.6) is 5.75 Å². The summed E-state index contributed by atoms with van der Waals surface area (Å²) in [4.78, 5) is 27.7. The van der Waals surface area contributed by atoms with Gasteiger partial charge < -0.3 is 18.7 Å². The minimum atomic E-state index is -0.531. The van der Waals surface area contributed by atoms with Crippen LogP contribution in [0.15, 0.2) is 41.1 Å². The lowest BCUT2D eigenvalue weighted by atomic mass is 10.0. The number of hydrogen-bond donors (Lipinski definition) is 0. The lowest BCUT2D eigenvalue weighted by Gasteiger charge is -2.05. The van der Waals surface area contributed by atoms with Gasteiger partial charge in [-0.25, -0.2) is 4.79 Å². The Morgan fingerprint density at radius 2 is 1.96 bits per heavy atom. The highest BCUT2D eigenvalue weighted by Gasteiger charge is 2.19. The fourth-order valence-electron chi connectivity index (χ4n) is 2.81. The quantitative estimate of drug-likeness (QED) is 0.587. The number of carbonyl (C=O) groups excluding carboxylic acids is 2. The predicted molar refractivity (Wildman–Crippen MR) is 99.9 cm³/mol. The van der Waals surface area contributed by atoms with E-state index in [1.165, 1.54) is 0 Å². The normalized spacial score (nSPS) is 10.8. The molecule has 0 spiro atoms. The van der Waals surface area contributed by atoms with E-state index in [2.05, 4.69) is 4.98 Å². The summed E-state index contributed by atoms with van der Waals surface area (Å²) in [5, 5.41) is 0.853. The minimum Gasteiger partial charge on any atom is -0.495 e. The molecule has 3 rings (SSSR count). The number of aromatic nitrogens is 1. The molecular weight excluding hydrogens is 346 g/mol. The summed E-state index contributed by atoms with van der Waals surface area (Å²) in [6.07, 6.45) is 4.35. The number of Topliss-reactive ketones (excluding diaryl/α,β-unsaturated/α-hetero) is 1. The Hall–Kier alpha value is -3.15. The molecule has 0 aliphatic carbocycles. The number of furan rings is 1. The maximum absolute atomic E-state index is 12.5. The number of methoxy groups -OCH3 is 1. The highest BCUT2D eigenvalue weighted by atomic mass is 16.5. The van der Waals surface area contributed by atoms with Crippen molar-refractivity contribution in [3.05, 3.63) is 59.1 Å². The van der Waals surface area contributed by atoms with Gasteiger partial charge in [-0.05, 0) is 44.0 Å². The first-order valence-electron chi connectivity index (χ1n) is 8.64. The van der Waals surface area contributed by atoms with Gasteiger partial charge in [0.25, 0.3) is 0 Å². The molecule has 0 atom stereocenters. The first-order chi connectivity index (χ1) is 13.0. The SMILES string of the molecule is COc1cncc(COC(=O)c2oc3ccc(CCC(C)=O)cc3c2C)c1. The van der Waals surface area contributed by atoms with E-state index in [4.69, 9.17) is 13.9 Å². The highest BCUT2D eigenvalue weighted by Crippen LogP contribution is 2.27. The molecule has 6 nitrogen and oxygen atoms in total. The molecule has 0 saturated heterocycles. The van der Waals surface area contributed by atoms with Gasteiger partial charge in [-0.15, -0.1) is 0 Å². The maximum Gasteiger partial charge on any atom is 0.374 e. The number of carbonyl (C=O) groups is 2. The summed E-state index contributed by atoms with van der Waals surface area (Å²) in [6, 6.07) is 7.44. The molecule has 1 aromatic carbocycles. The average Bonchev–Trinajstić information content (AvgIpc) is 3.01. The summed E-state index contributed by atoms with van der Waals surface area (Å²) < 4.78 is 16.2. The van der Waals surface area contributed by atoms with Crippen LogP contribution in [0.3, 0.4) is 0 Å². The number of ketones is 1. The number of hydrogen-bond acceptors (Lipinski definition) is 6. The van der Waals surface area contributed by atoms with Crippen LogP contribution in [-0.4, -0.2) is 23.8 Å². The van der Waals surface area contributed by atoms with E-state index in [0.29, 0.717) is 24.2 Å². The lowest BCUT2D eigenvalue weighted by molar-refractivity contribution is -0.116. The third-order valence-corrected chi connectivity index (χ3v) is 4.33. The molecular formula is C21H21NO5. The first kappa shape index (κ1) is 18.6. The molecule has 2 aromatic heterocycles. The first-order valence-corrected chi connectivity index (χ1v) is 8.64. The third-order valence-electron chi connectivity index (χ3n) is 4.33. The second-order valence-electron chi connectivity index (χ2n) is 6.40. The fourth-order valence-corrected chi connectivity index (χ4v) is 2.81. The van der Waals surface area contributed by atoms with Crippen molar-refractivity contribution in [2.24, 2.45) is 0 Å². The van der Waals surface area contributed by atoms with Crippen molar-refractivity contribution < 1.29 is 23.5 Å². The molecule has 140 valence electrons. The van der Waals surface area contributed by atoms with Crippen LogP contribution in [0.1, 0.15) is 40.6 Å². The molecule has 0 radical (unpaired) electrons. The van der Waals surface area contributed by atoms with E-state index in [9.17, 15) is 9.59 Å². The fraction of sp³-hybridized carbons (Fsp3) is 0.286. The number of nitrogens with zero attached hydrogens (tertiary/aromatic N) is 1. The topological polar surface area (TPSA) is 78.6 Å². The summed E-state index contributed by atoms with van der Waals surface area (Å²) >= 11 is 0. The number of aryl methyl sites for hydroxylation is 2. The molecule has 0 aliphatic heterocycles. The van der Waals surface area contributed by atoms with Crippen molar-refractivity contribution in [1.29, 1.82) is 0 Å². The van der Waals surface area contributed by atoms with Crippen LogP contribution in [0.4, 0.5) is 0 Å². The summed E-state index contributed by atoms with van der Waals surface area (Å²) in [7, 11) is 1.55. The van der Waals surface area contributed by atoms with E-state index in [1.54, 1.807) is 32.5 Å². The van der Waals surface area contributed by atoms with Crippen LogP contribution in [0, 0.1) is 6.92 Å². The van der Waals surface area contributed by atoms with Gasteiger partial charge in [0.15, 0.2) is 0 Å². The average molecular weight is 367 g/mol. The lowest BCUT2D eigenvalue weighted by Crippen LogP contribution is -2.05. The standard InChI is InChI=1S/C21H21NO5/c1-13(23)4-5-15-6-7-19-18(9-15)14(2)20(27-19)21(24)26-12-16-8-17(25-3)11-22-10-16/h6-11H,4-5,12H2,1-3H3. The van der Waals surface area contributed by atoms with Crippen molar-refractivity contribution in [3.63, 3.8) is 0 Å². The molecule has 0 amide bonds. The number of rotatable bonds is 7. The predicted octanol–water partition coefficient (Wildman–Crippen LogP) is 4.02. The molecule has 0 unspecified atom stereocenters. The highest BCUT2D eigenvalue weighted by molar-refractivity contribution is 5.96. The number of fused-ring (bicyclic) bond motifs is 1. The van der Waals surface area contributed by atoms with Gasteiger partial charge in [0.1, 0.15) is 23.7 Å².